The zero-order valence-corrected chi connectivity index (χ0v) is 10.4. The van der Waals surface area contributed by atoms with Crippen LogP contribution in [0.2, 0.25) is 5.02 Å². The molecule has 1 aromatic carbocycles. The van der Waals surface area contributed by atoms with Gasteiger partial charge in [-0.2, -0.15) is 0 Å². The molecule has 5 heteroatoms. The molecule has 0 aliphatic rings. The Hall–Kier alpha value is -1.13. The molecular weight excluding hydrogens is 243 g/mol. The Balaban J connectivity index is 2.58. The Morgan fingerprint density at radius 2 is 2.29 bits per heavy atom. The highest BCUT2D eigenvalue weighted by Crippen LogP contribution is 2.19. The molecule has 0 radical (unpaired) electrons. The molecule has 94 valence electrons. The van der Waals surface area contributed by atoms with Gasteiger partial charge in [-0.05, 0) is 24.6 Å². The Labute approximate surface area is 105 Å². The summed E-state index contributed by atoms with van der Waals surface area (Å²) >= 11 is 5.60. The highest BCUT2D eigenvalue weighted by atomic mass is 35.5. The molecule has 0 bridgehead atoms. The van der Waals surface area contributed by atoms with E-state index in [0.29, 0.717) is 12.1 Å². The summed E-state index contributed by atoms with van der Waals surface area (Å²) in [6, 6.07) is 3.47. The average molecular weight is 259 g/mol. The van der Waals surface area contributed by atoms with Gasteiger partial charge in [0, 0.05) is 5.69 Å². The number of nitrogens with one attached hydrogen (secondary N) is 1. The fraction of sp³-hybridized carbons (Fsp3) is 0.417. The first kappa shape index (κ1) is 13.9. The monoisotopic (exact) mass is 258 g/mol. The highest BCUT2D eigenvalue weighted by Gasteiger charge is 2.13. The molecule has 1 aromatic rings. The summed E-state index contributed by atoms with van der Waals surface area (Å²) in [4.78, 5) is 11.6. The van der Waals surface area contributed by atoms with Gasteiger partial charge in [-0.1, -0.05) is 31.4 Å². The predicted molar refractivity (Wildman–Crippen MR) is 67.5 cm³/mol. The molecule has 3 nitrogen and oxygen atoms in total. The summed E-state index contributed by atoms with van der Waals surface area (Å²) in [6.07, 6.45) is 2.53. The van der Waals surface area contributed by atoms with E-state index in [1.54, 1.807) is 0 Å². The first-order valence-electron chi connectivity index (χ1n) is 5.56. The van der Waals surface area contributed by atoms with Gasteiger partial charge in [0.25, 0.3) is 0 Å². The molecular formula is C12H16ClFN2O. The number of hydrogen-bond donors (Lipinski definition) is 2. The van der Waals surface area contributed by atoms with Crippen molar-refractivity contribution in [1.29, 1.82) is 0 Å². The molecule has 17 heavy (non-hydrogen) atoms. The Bertz CT molecular complexity index is 398. The fourth-order valence-corrected chi connectivity index (χ4v) is 1.54. The number of rotatable bonds is 5. The minimum Gasteiger partial charge on any atom is -0.325 e. The van der Waals surface area contributed by atoms with Crippen LogP contribution < -0.4 is 11.1 Å². The molecule has 0 aliphatic heterocycles. The molecule has 0 aromatic heterocycles. The lowest BCUT2D eigenvalue weighted by atomic mass is 10.1. The van der Waals surface area contributed by atoms with Crippen molar-refractivity contribution in [3.8, 4) is 0 Å². The molecule has 0 fully saturated rings. The molecule has 1 amide bonds. The first-order valence-corrected chi connectivity index (χ1v) is 5.94. The van der Waals surface area contributed by atoms with Crippen LogP contribution in [0.3, 0.4) is 0 Å². The van der Waals surface area contributed by atoms with Crippen molar-refractivity contribution >= 4 is 23.2 Å². The van der Waals surface area contributed by atoms with Gasteiger partial charge >= 0.3 is 0 Å². The van der Waals surface area contributed by atoms with Crippen molar-refractivity contribution in [2.24, 2.45) is 5.73 Å². The summed E-state index contributed by atoms with van der Waals surface area (Å²) in [5.41, 5.74) is 6.15. The molecule has 3 N–H and O–H groups in total. The maximum Gasteiger partial charge on any atom is 0.241 e. The van der Waals surface area contributed by atoms with Gasteiger partial charge in [0.2, 0.25) is 5.91 Å². The third-order valence-electron chi connectivity index (χ3n) is 2.39. The number of halogens is 2. The van der Waals surface area contributed by atoms with Crippen LogP contribution in [-0.4, -0.2) is 11.9 Å². The number of benzene rings is 1. The molecule has 0 aliphatic carbocycles. The standard InChI is InChI=1S/C12H16ClFN2O/c1-2-3-4-11(15)12(17)16-8-5-6-10(14)9(13)7-8/h5-7,11H,2-4,15H2,1H3,(H,16,17)/t11-/m0/s1. The summed E-state index contributed by atoms with van der Waals surface area (Å²) in [5, 5.41) is 2.58. The van der Waals surface area contributed by atoms with Crippen LogP contribution in [0, 0.1) is 5.82 Å². The largest absolute Gasteiger partial charge is 0.325 e. The van der Waals surface area contributed by atoms with Crippen LogP contribution in [0.5, 0.6) is 0 Å². The average Bonchev–Trinajstić information content (AvgIpc) is 2.30. The SMILES string of the molecule is CCCC[C@H](N)C(=O)Nc1ccc(F)c(Cl)c1. The van der Waals surface area contributed by atoms with Crippen molar-refractivity contribution in [3.63, 3.8) is 0 Å². The number of anilines is 1. The summed E-state index contributed by atoms with van der Waals surface area (Å²) in [7, 11) is 0. The number of amides is 1. The number of nitrogens with two attached hydrogens (primary N) is 1. The van der Waals surface area contributed by atoms with E-state index in [1.807, 2.05) is 6.92 Å². The molecule has 1 atom stereocenters. The molecule has 0 heterocycles. The van der Waals surface area contributed by atoms with Crippen molar-refractivity contribution in [2.45, 2.75) is 32.2 Å². The van der Waals surface area contributed by atoms with Crippen LogP contribution in [-0.2, 0) is 4.79 Å². The summed E-state index contributed by atoms with van der Waals surface area (Å²) in [6.45, 7) is 2.03. The third-order valence-corrected chi connectivity index (χ3v) is 2.68. The Kier molecular flexibility index (Phi) is 5.38. The fourth-order valence-electron chi connectivity index (χ4n) is 1.36. The number of carbonyl (C=O) groups is 1. The van der Waals surface area contributed by atoms with E-state index in [9.17, 15) is 9.18 Å². The van der Waals surface area contributed by atoms with Crippen molar-refractivity contribution in [3.05, 3.63) is 29.0 Å². The minimum absolute atomic E-state index is 0.0232. The first-order chi connectivity index (χ1) is 8.04. The van der Waals surface area contributed by atoms with Gasteiger partial charge in [0.15, 0.2) is 0 Å². The minimum atomic E-state index is -0.543. The van der Waals surface area contributed by atoms with Crippen molar-refractivity contribution < 1.29 is 9.18 Å². The van der Waals surface area contributed by atoms with Gasteiger partial charge in [-0.15, -0.1) is 0 Å². The van der Waals surface area contributed by atoms with Crippen LogP contribution >= 0.6 is 11.6 Å². The van der Waals surface area contributed by atoms with E-state index in [-0.39, 0.29) is 10.9 Å². The van der Waals surface area contributed by atoms with Crippen molar-refractivity contribution in [1.82, 2.24) is 0 Å². The van der Waals surface area contributed by atoms with Gasteiger partial charge in [-0.3, -0.25) is 4.79 Å². The quantitative estimate of drug-likeness (QED) is 0.853. The number of hydrogen-bond acceptors (Lipinski definition) is 2. The van der Waals surface area contributed by atoms with E-state index >= 15 is 0 Å². The van der Waals surface area contributed by atoms with E-state index in [0.717, 1.165) is 12.8 Å². The van der Waals surface area contributed by atoms with Crippen LogP contribution in [0.1, 0.15) is 26.2 Å². The second-order valence-corrected chi connectivity index (χ2v) is 4.27. The second kappa shape index (κ2) is 6.57. The molecule has 0 saturated carbocycles. The van der Waals surface area contributed by atoms with E-state index in [2.05, 4.69) is 5.32 Å². The highest BCUT2D eigenvalue weighted by molar-refractivity contribution is 6.31. The molecule has 0 unspecified atom stereocenters. The van der Waals surface area contributed by atoms with Gasteiger partial charge in [0.1, 0.15) is 5.82 Å². The van der Waals surface area contributed by atoms with Gasteiger partial charge in [-0.25, -0.2) is 4.39 Å². The van der Waals surface area contributed by atoms with Crippen LogP contribution in [0.25, 0.3) is 0 Å². The molecule has 0 spiro atoms. The van der Waals surface area contributed by atoms with Crippen LogP contribution in [0.4, 0.5) is 10.1 Å². The lowest BCUT2D eigenvalue weighted by molar-refractivity contribution is -0.117. The third kappa shape index (κ3) is 4.32. The Morgan fingerprint density at radius 3 is 2.88 bits per heavy atom. The normalized spacial score (nSPS) is 12.2. The van der Waals surface area contributed by atoms with Gasteiger partial charge in [0.05, 0.1) is 11.1 Å². The lowest BCUT2D eigenvalue weighted by Gasteiger charge is -2.11. The Morgan fingerprint density at radius 1 is 1.59 bits per heavy atom. The van der Waals surface area contributed by atoms with E-state index in [4.69, 9.17) is 17.3 Å². The van der Waals surface area contributed by atoms with E-state index < -0.39 is 11.9 Å². The predicted octanol–water partition coefficient (Wildman–Crippen LogP) is 2.94. The maximum absolute atomic E-state index is 12.9. The second-order valence-electron chi connectivity index (χ2n) is 3.87. The van der Waals surface area contributed by atoms with Crippen LogP contribution in [0.15, 0.2) is 18.2 Å². The van der Waals surface area contributed by atoms with E-state index in [1.165, 1.54) is 18.2 Å². The van der Waals surface area contributed by atoms with Gasteiger partial charge < -0.3 is 11.1 Å². The molecule has 0 saturated heterocycles. The zero-order valence-electron chi connectivity index (χ0n) is 9.67. The molecule has 1 rings (SSSR count). The summed E-state index contributed by atoms with van der Waals surface area (Å²) in [5.74, 6) is -0.791. The lowest BCUT2D eigenvalue weighted by Crippen LogP contribution is -2.35. The topological polar surface area (TPSA) is 55.1 Å². The number of unbranched alkanes of at least 4 members (excludes halogenated alkanes) is 1. The number of carbonyl (C=O) groups excluding carboxylic acids is 1. The smallest absolute Gasteiger partial charge is 0.241 e. The van der Waals surface area contributed by atoms with Crippen molar-refractivity contribution in [2.75, 3.05) is 5.32 Å². The zero-order chi connectivity index (χ0) is 12.8. The maximum atomic E-state index is 12.9. The summed E-state index contributed by atoms with van der Waals surface area (Å²) < 4.78 is 12.9.